The lowest BCUT2D eigenvalue weighted by Gasteiger charge is -2.20. The molecule has 0 radical (unpaired) electrons. The molecule has 0 aliphatic carbocycles. The van der Waals surface area contributed by atoms with E-state index < -0.39 is 0 Å². The fourth-order valence-corrected chi connectivity index (χ4v) is 3.36. The van der Waals surface area contributed by atoms with Crippen LogP contribution in [0, 0.1) is 11.8 Å². The summed E-state index contributed by atoms with van der Waals surface area (Å²) in [4.78, 5) is 4.69. The van der Waals surface area contributed by atoms with Crippen LogP contribution in [0.15, 0.2) is 21.6 Å². The van der Waals surface area contributed by atoms with E-state index in [-0.39, 0.29) is 6.61 Å². The van der Waals surface area contributed by atoms with Gasteiger partial charge in [-0.3, -0.25) is 0 Å². The molecular formula is C20H34BrN3O3. The Labute approximate surface area is 171 Å². The van der Waals surface area contributed by atoms with Crippen LogP contribution < -0.4 is 20.1 Å². The second-order valence-corrected chi connectivity index (χ2v) is 7.74. The van der Waals surface area contributed by atoms with Crippen LogP contribution in [0.5, 0.6) is 11.5 Å². The Morgan fingerprint density at radius 2 is 1.85 bits per heavy atom. The number of nitrogens with one attached hydrogen (secondary N) is 2. The van der Waals surface area contributed by atoms with Gasteiger partial charge in [0.25, 0.3) is 0 Å². The summed E-state index contributed by atoms with van der Waals surface area (Å²) < 4.78 is 11.6. The van der Waals surface area contributed by atoms with Crippen molar-refractivity contribution in [1.29, 1.82) is 0 Å². The average molecular weight is 444 g/mol. The van der Waals surface area contributed by atoms with E-state index in [2.05, 4.69) is 40.4 Å². The van der Waals surface area contributed by atoms with E-state index in [1.807, 2.05) is 19.1 Å². The number of methoxy groups -OCH3 is 2. The predicted molar refractivity (Wildman–Crippen MR) is 115 cm³/mol. The lowest BCUT2D eigenvalue weighted by atomic mass is 9.94. The molecule has 1 aromatic rings. The van der Waals surface area contributed by atoms with Crippen molar-refractivity contribution in [2.75, 3.05) is 33.9 Å². The molecule has 0 spiro atoms. The van der Waals surface area contributed by atoms with Crippen molar-refractivity contribution in [1.82, 2.24) is 10.6 Å². The highest BCUT2D eigenvalue weighted by Crippen LogP contribution is 2.33. The van der Waals surface area contributed by atoms with Crippen LogP contribution in [0.1, 0.15) is 39.2 Å². The standard InChI is InChI=1S/C20H34BrN3O3/c1-6-22-20(23-12-15(7-8-25)9-14(2)3)24-13-16-10-18(26-4)19(27-5)11-17(16)21/h10-11,14-15,25H,6-9,12-13H2,1-5H3,(H2,22,23,24). The number of halogens is 1. The summed E-state index contributed by atoms with van der Waals surface area (Å²) >= 11 is 3.58. The molecular weight excluding hydrogens is 410 g/mol. The van der Waals surface area contributed by atoms with E-state index in [0.717, 1.165) is 41.9 Å². The highest BCUT2D eigenvalue weighted by atomic mass is 79.9. The minimum absolute atomic E-state index is 0.214. The highest BCUT2D eigenvalue weighted by Gasteiger charge is 2.12. The summed E-state index contributed by atoms with van der Waals surface area (Å²) in [6.07, 6.45) is 1.88. The Hall–Kier alpha value is -1.47. The van der Waals surface area contributed by atoms with Gasteiger partial charge in [-0.25, -0.2) is 4.99 Å². The minimum Gasteiger partial charge on any atom is -0.493 e. The van der Waals surface area contributed by atoms with Gasteiger partial charge in [0.15, 0.2) is 17.5 Å². The number of hydrogen-bond donors (Lipinski definition) is 3. The van der Waals surface area contributed by atoms with Crippen LogP contribution in [0.3, 0.4) is 0 Å². The summed E-state index contributed by atoms with van der Waals surface area (Å²) in [5, 5.41) is 16.0. The van der Waals surface area contributed by atoms with Gasteiger partial charge in [-0.2, -0.15) is 0 Å². The van der Waals surface area contributed by atoms with Crippen LogP contribution in [0.25, 0.3) is 0 Å². The number of guanidine groups is 1. The molecule has 27 heavy (non-hydrogen) atoms. The van der Waals surface area contributed by atoms with Gasteiger partial charge in [-0.15, -0.1) is 0 Å². The molecule has 0 saturated carbocycles. The highest BCUT2D eigenvalue weighted by molar-refractivity contribution is 9.10. The molecule has 0 aliphatic rings. The molecule has 0 fully saturated rings. The first-order chi connectivity index (χ1) is 12.9. The number of aliphatic imine (C=N–C) groups is 1. The minimum atomic E-state index is 0.214. The normalized spacial score (nSPS) is 12.8. The molecule has 0 aromatic heterocycles. The zero-order chi connectivity index (χ0) is 20.2. The number of rotatable bonds is 11. The van der Waals surface area contributed by atoms with Crippen molar-refractivity contribution < 1.29 is 14.6 Å². The van der Waals surface area contributed by atoms with Crippen molar-refractivity contribution in [3.05, 3.63) is 22.2 Å². The molecule has 0 bridgehead atoms. The Kier molecular flexibility index (Phi) is 11.2. The van der Waals surface area contributed by atoms with Gasteiger partial charge < -0.3 is 25.2 Å². The van der Waals surface area contributed by atoms with Crippen molar-refractivity contribution in [2.45, 2.75) is 40.2 Å². The Bertz CT molecular complexity index is 594. The molecule has 1 rings (SSSR count). The van der Waals surface area contributed by atoms with Gasteiger partial charge >= 0.3 is 0 Å². The van der Waals surface area contributed by atoms with Crippen molar-refractivity contribution >= 4 is 21.9 Å². The molecule has 3 N–H and O–H groups in total. The molecule has 1 aromatic carbocycles. The number of aliphatic hydroxyl groups is 1. The summed E-state index contributed by atoms with van der Waals surface area (Å²) in [5.41, 5.74) is 1.01. The van der Waals surface area contributed by atoms with E-state index in [1.165, 1.54) is 0 Å². The first kappa shape index (κ1) is 23.6. The maximum Gasteiger partial charge on any atom is 0.191 e. The van der Waals surface area contributed by atoms with Gasteiger partial charge in [-0.05, 0) is 49.3 Å². The Morgan fingerprint density at radius 1 is 1.19 bits per heavy atom. The molecule has 7 heteroatoms. The first-order valence-corrected chi connectivity index (χ1v) is 10.3. The maximum atomic E-state index is 9.29. The van der Waals surface area contributed by atoms with Gasteiger partial charge in [0, 0.05) is 24.2 Å². The molecule has 0 saturated heterocycles. The molecule has 6 nitrogen and oxygen atoms in total. The molecule has 0 heterocycles. The number of ether oxygens (including phenoxy) is 2. The van der Waals surface area contributed by atoms with Gasteiger partial charge in [0.2, 0.25) is 0 Å². The third kappa shape index (κ3) is 8.39. The van der Waals surface area contributed by atoms with Gasteiger partial charge in [0.05, 0.1) is 20.8 Å². The lowest BCUT2D eigenvalue weighted by molar-refractivity contribution is 0.243. The van der Waals surface area contributed by atoms with E-state index in [0.29, 0.717) is 29.9 Å². The topological polar surface area (TPSA) is 75.1 Å². The first-order valence-electron chi connectivity index (χ1n) is 9.48. The third-order valence-corrected chi connectivity index (χ3v) is 4.94. The largest absolute Gasteiger partial charge is 0.493 e. The van der Waals surface area contributed by atoms with E-state index in [4.69, 9.17) is 14.5 Å². The molecule has 0 aliphatic heterocycles. The lowest BCUT2D eigenvalue weighted by Crippen LogP contribution is -2.40. The summed E-state index contributed by atoms with van der Waals surface area (Å²) in [6, 6.07) is 3.83. The number of benzene rings is 1. The molecule has 1 unspecified atom stereocenters. The number of hydrogen-bond acceptors (Lipinski definition) is 4. The van der Waals surface area contributed by atoms with Crippen LogP contribution in [0.2, 0.25) is 0 Å². The van der Waals surface area contributed by atoms with Crippen molar-refractivity contribution in [3.63, 3.8) is 0 Å². The van der Waals surface area contributed by atoms with Gasteiger partial charge in [0.1, 0.15) is 0 Å². The van der Waals surface area contributed by atoms with Crippen molar-refractivity contribution in [2.24, 2.45) is 16.8 Å². The van der Waals surface area contributed by atoms with E-state index in [9.17, 15) is 5.11 Å². The van der Waals surface area contributed by atoms with Crippen LogP contribution in [-0.2, 0) is 6.54 Å². The van der Waals surface area contributed by atoms with Crippen molar-refractivity contribution in [3.8, 4) is 11.5 Å². The summed E-state index contributed by atoms with van der Waals surface area (Å²) in [7, 11) is 3.25. The van der Waals surface area contributed by atoms with Crippen LogP contribution >= 0.6 is 15.9 Å². The van der Waals surface area contributed by atoms with E-state index in [1.54, 1.807) is 14.2 Å². The fraction of sp³-hybridized carbons (Fsp3) is 0.650. The summed E-state index contributed by atoms with van der Waals surface area (Å²) in [5.74, 6) is 3.16. The number of aliphatic hydroxyl groups excluding tert-OH is 1. The van der Waals surface area contributed by atoms with Gasteiger partial charge in [-0.1, -0.05) is 29.8 Å². The van der Waals surface area contributed by atoms with Crippen LogP contribution in [-0.4, -0.2) is 45.0 Å². The SMILES string of the molecule is CCNC(=NCc1cc(OC)c(OC)cc1Br)NCC(CCO)CC(C)C. The Balaban J connectivity index is 2.83. The smallest absolute Gasteiger partial charge is 0.191 e. The fourth-order valence-electron chi connectivity index (χ4n) is 2.92. The molecule has 154 valence electrons. The molecule has 1 atom stereocenters. The Morgan fingerprint density at radius 3 is 2.41 bits per heavy atom. The predicted octanol–water partition coefficient (Wildman–Crippen LogP) is 3.57. The van der Waals surface area contributed by atoms with E-state index >= 15 is 0 Å². The zero-order valence-electron chi connectivity index (χ0n) is 17.1. The summed E-state index contributed by atoms with van der Waals surface area (Å²) in [6.45, 7) is 8.75. The third-order valence-electron chi connectivity index (χ3n) is 4.20. The number of nitrogens with zero attached hydrogens (tertiary/aromatic N) is 1. The monoisotopic (exact) mass is 443 g/mol. The quantitative estimate of drug-likeness (QED) is 0.360. The van der Waals surface area contributed by atoms with Crippen LogP contribution in [0.4, 0.5) is 0 Å². The average Bonchev–Trinajstić information content (AvgIpc) is 2.64. The zero-order valence-corrected chi connectivity index (χ0v) is 18.7. The second-order valence-electron chi connectivity index (χ2n) is 6.88. The molecule has 0 amide bonds. The second kappa shape index (κ2) is 12.8. The maximum absolute atomic E-state index is 9.29.